The number of alkyl carbamates (subject to hydrolysis) is 1. The molecule has 0 aliphatic rings. The number of aliphatic hydroxyl groups excluding tert-OH is 1. The summed E-state index contributed by atoms with van der Waals surface area (Å²) in [5, 5.41) is 12.4. The molecule has 2 aromatic rings. The number of carbonyl (C=O) groups excluding carboxylic acids is 1. The number of carbonyl (C=O) groups is 1. The summed E-state index contributed by atoms with van der Waals surface area (Å²) in [7, 11) is 0. The lowest BCUT2D eigenvalue weighted by atomic mass is 10.2. The summed E-state index contributed by atoms with van der Waals surface area (Å²) in [4.78, 5) is 15.5. The van der Waals surface area contributed by atoms with Crippen molar-refractivity contribution in [1.82, 2.24) is 10.3 Å². The molecule has 0 saturated carbocycles. The second-order valence-electron chi connectivity index (χ2n) is 4.70. The number of benzene rings is 1. The Morgan fingerprint density at radius 3 is 2.77 bits per heavy atom. The van der Waals surface area contributed by atoms with Gasteiger partial charge in [0.05, 0.1) is 19.3 Å². The predicted molar refractivity (Wildman–Crippen MR) is 86.4 cm³/mol. The average molecular weight is 365 g/mol. The molecule has 1 aromatic carbocycles. The molecule has 0 fully saturated rings. The van der Waals surface area contributed by atoms with Crippen LogP contribution in [0.1, 0.15) is 17.2 Å². The molecule has 2 N–H and O–H groups in total. The van der Waals surface area contributed by atoms with Crippen LogP contribution in [-0.2, 0) is 11.2 Å². The zero-order valence-corrected chi connectivity index (χ0v) is 13.5. The third kappa shape index (κ3) is 5.46. The van der Waals surface area contributed by atoms with Crippen LogP contribution >= 0.6 is 15.9 Å². The van der Waals surface area contributed by atoms with Crippen molar-refractivity contribution in [2.75, 3.05) is 13.2 Å². The average Bonchev–Trinajstić information content (AvgIpc) is 2.55. The topological polar surface area (TPSA) is 71.5 Å². The number of nitrogens with one attached hydrogen (secondary N) is 1. The summed E-state index contributed by atoms with van der Waals surface area (Å²) in [6.07, 6.45) is 2.49. The highest BCUT2D eigenvalue weighted by atomic mass is 79.9. The molecule has 0 aliphatic heterocycles. The van der Waals surface area contributed by atoms with Gasteiger partial charge >= 0.3 is 6.09 Å². The number of aromatic nitrogens is 1. The van der Waals surface area contributed by atoms with Gasteiger partial charge < -0.3 is 15.2 Å². The number of hydrogen-bond acceptors (Lipinski definition) is 4. The van der Waals surface area contributed by atoms with Crippen molar-refractivity contribution >= 4 is 22.0 Å². The third-order valence-corrected chi connectivity index (χ3v) is 3.57. The third-order valence-electron chi connectivity index (χ3n) is 3.05. The van der Waals surface area contributed by atoms with Gasteiger partial charge in [0.1, 0.15) is 0 Å². The maximum Gasteiger partial charge on any atom is 0.407 e. The van der Waals surface area contributed by atoms with Gasteiger partial charge in [-0.1, -0.05) is 34.1 Å². The van der Waals surface area contributed by atoms with Crippen LogP contribution in [0, 0.1) is 0 Å². The molecular weight excluding hydrogens is 348 g/mol. The number of aliphatic hydroxyl groups is 1. The quantitative estimate of drug-likeness (QED) is 0.826. The van der Waals surface area contributed by atoms with E-state index in [-0.39, 0.29) is 13.2 Å². The highest BCUT2D eigenvalue weighted by Gasteiger charge is 2.09. The Hall–Kier alpha value is -1.92. The monoisotopic (exact) mass is 364 g/mol. The van der Waals surface area contributed by atoms with Gasteiger partial charge in [-0.05, 0) is 23.8 Å². The maximum absolute atomic E-state index is 11.6. The van der Waals surface area contributed by atoms with E-state index in [0.717, 1.165) is 10.0 Å². The summed E-state index contributed by atoms with van der Waals surface area (Å²) in [6, 6.07) is 11.3. The number of hydrogen-bond donors (Lipinski definition) is 2. The fraction of sp³-hybridized carbons (Fsp3) is 0.250. The largest absolute Gasteiger partial charge is 0.449 e. The standard InChI is InChI=1S/C16H17BrN2O3/c17-14-5-3-12(4-6-14)7-9-22-16(21)19-11-15(20)13-2-1-8-18-10-13/h1-6,8,10,15,20H,7,9,11H2,(H,19,21)/t15-/m0/s1. The Bertz CT molecular complexity index is 590. The number of halogens is 1. The Kier molecular flexibility index (Phi) is 6.36. The molecule has 0 spiro atoms. The Balaban J connectivity index is 1.66. The van der Waals surface area contributed by atoms with E-state index >= 15 is 0 Å². The van der Waals surface area contributed by atoms with Gasteiger partial charge in [-0.25, -0.2) is 4.79 Å². The van der Waals surface area contributed by atoms with Gasteiger partial charge in [-0.2, -0.15) is 0 Å². The Labute approximate surface area is 137 Å². The highest BCUT2D eigenvalue weighted by molar-refractivity contribution is 9.10. The zero-order valence-electron chi connectivity index (χ0n) is 11.9. The minimum Gasteiger partial charge on any atom is -0.449 e. The first-order valence-electron chi connectivity index (χ1n) is 6.88. The van der Waals surface area contributed by atoms with Gasteiger partial charge in [-0.15, -0.1) is 0 Å². The molecule has 0 radical (unpaired) electrons. The van der Waals surface area contributed by atoms with Crippen molar-refractivity contribution in [2.45, 2.75) is 12.5 Å². The first-order valence-corrected chi connectivity index (χ1v) is 7.67. The molecule has 1 amide bonds. The van der Waals surface area contributed by atoms with Crippen molar-refractivity contribution in [3.63, 3.8) is 0 Å². The van der Waals surface area contributed by atoms with Crippen LogP contribution in [0.4, 0.5) is 4.79 Å². The summed E-state index contributed by atoms with van der Waals surface area (Å²) in [5.74, 6) is 0. The fourth-order valence-electron chi connectivity index (χ4n) is 1.83. The summed E-state index contributed by atoms with van der Waals surface area (Å²) < 4.78 is 6.09. The van der Waals surface area contributed by atoms with E-state index in [4.69, 9.17) is 4.74 Å². The van der Waals surface area contributed by atoms with Crippen LogP contribution in [0.5, 0.6) is 0 Å². The van der Waals surface area contributed by atoms with E-state index in [2.05, 4.69) is 26.2 Å². The number of ether oxygens (including phenoxy) is 1. The van der Waals surface area contributed by atoms with Crippen LogP contribution in [0.2, 0.25) is 0 Å². The molecular formula is C16H17BrN2O3. The van der Waals surface area contributed by atoms with Crippen molar-refractivity contribution in [1.29, 1.82) is 0 Å². The van der Waals surface area contributed by atoms with Crippen LogP contribution in [0.3, 0.4) is 0 Å². The van der Waals surface area contributed by atoms with E-state index in [1.54, 1.807) is 24.5 Å². The first kappa shape index (κ1) is 16.5. The van der Waals surface area contributed by atoms with Crippen molar-refractivity contribution < 1.29 is 14.6 Å². The molecule has 0 aliphatic carbocycles. The minimum atomic E-state index is -0.798. The van der Waals surface area contributed by atoms with Crippen LogP contribution < -0.4 is 5.32 Å². The summed E-state index contributed by atoms with van der Waals surface area (Å²) >= 11 is 3.37. The van der Waals surface area contributed by atoms with E-state index in [0.29, 0.717) is 12.0 Å². The molecule has 5 nitrogen and oxygen atoms in total. The van der Waals surface area contributed by atoms with Crippen LogP contribution in [0.15, 0.2) is 53.3 Å². The van der Waals surface area contributed by atoms with Gasteiger partial charge in [-0.3, -0.25) is 4.98 Å². The lowest BCUT2D eigenvalue weighted by Gasteiger charge is -2.12. The molecule has 2 rings (SSSR count). The Morgan fingerprint density at radius 1 is 1.32 bits per heavy atom. The first-order chi connectivity index (χ1) is 10.6. The molecule has 0 bridgehead atoms. The minimum absolute atomic E-state index is 0.0861. The molecule has 0 saturated heterocycles. The maximum atomic E-state index is 11.6. The van der Waals surface area contributed by atoms with Crippen LogP contribution in [-0.4, -0.2) is 29.3 Å². The SMILES string of the molecule is O=C(NC[C@H](O)c1cccnc1)OCCc1ccc(Br)cc1. The number of nitrogens with zero attached hydrogens (tertiary/aromatic N) is 1. The molecule has 22 heavy (non-hydrogen) atoms. The van der Waals surface area contributed by atoms with Gasteiger partial charge in [0, 0.05) is 28.9 Å². The lowest BCUT2D eigenvalue weighted by molar-refractivity contribution is 0.132. The molecule has 0 unspecified atom stereocenters. The van der Waals surface area contributed by atoms with Gasteiger partial charge in [0.2, 0.25) is 0 Å². The van der Waals surface area contributed by atoms with Crippen molar-refractivity contribution in [3.05, 3.63) is 64.4 Å². The molecule has 1 atom stereocenters. The summed E-state index contributed by atoms with van der Waals surface area (Å²) in [5.41, 5.74) is 1.74. The smallest absolute Gasteiger partial charge is 0.407 e. The second-order valence-corrected chi connectivity index (χ2v) is 5.61. The zero-order chi connectivity index (χ0) is 15.8. The number of amides is 1. The lowest BCUT2D eigenvalue weighted by Crippen LogP contribution is -2.29. The highest BCUT2D eigenvalue weighted by Crippen LogP contribution is 2.11. The second kappa shape index (κ2) is 8.51. The molecule has 6 heteroatoms. The van der Waals surface area contributed by atoms with E-state index < -0.39 is 12.2 Å². The molecule has 1 aromatic heterocycles. The molecule has 116 valence electrons. The normalized spacial score (nSPS) is 11.7. The Morgan fingerprint density at radius 2 is 2.09 bits per heavy atom. The molecule has 1 heterocycles. The fourth-order valence-corrected chi connectivity index (χ4v) is 2.10. The van der Waals surface area contributed by atoms with Crippen LogP contribution in [0.25, 0.3) is 0 Å². The van der Waals surface area contributed by atoms with E-state index in [9.17, 15) is 9.90 Å². The number of rotatable bonds is 6. The van der Waals surface area contributed by atoms with E-state index in [1.165, 1.54) is 0 Å². The predicted octanol–water partition coefficient (Wildman–Crippen LogP) is 2.85. The van der Waals surface area contributed by atoms with E-state index in [1.807, 2.05) is 24.3 Å². The van der Waals surface area contributed by atoms with Crippen molar-refractivity contribution in [3.8, 4) is 0 Å². The van der Waals surface area contributed by atoms with Gasteiger partial charge in [0.25, 0.3) is 0 Å². The number of pyridine rings is 1. The van der Waals surface area contributed by atoms with Crippen molar-refractivity contribution in [2.24, 2.45) is 0 Å². The summed E-state index contributed by atoms with van der Waals surface area (Å²) in [6.45, 7) is 0.374. The van der Waals surface area contributed by atoms with Gasteiger partial charge in [0.15, 0.2) is 0 Å².